The van der Waals surface area contributed by atoms with E-state index in [-0.39, 0.29) is 29.8 Å². The number of carbonyl (C=O) groups excluding carboxylic acids is 1. The van der Waals surface area contributed by atoms with Crippen molar-refractivity contribution in [2.75, 3.05) is 39.2 Å². The molecular formula is C23H30N2O6S. The highest BCUT2D eigenvalue weighted by Crippen LogP contribution is 2.31. The molecular weight excluding hydrogens is 432 g/mol. The molecule has 0 atom stereocenters. The lowest BCUT2D eigenvalue weighted by molar-refractivity contribution is -0.120. The number of rotatable bonds is 8. The zero-order valence-corrected chi connectivity index (χ0v) is 19.7. The van der Waals surface area contributed by atoms with E-state index in [1.54, 1.807) is 43.5 Å². The van der Waals surface area contributed by atoms with E-state index in [2.05, 4.69) is 5.32 Å². The van der Waals surface area contributed by atoms with Gasteiger partial charge < -0.3 is 19.5 Å². The number of anilines is 1. The predicted octanol–water partition coefficient (Wildman–Crippen LogP) is 3.45. The standard InChI is InChI=1S/C23H30N2O6S/c1-5-31-21-9-7-19(14-16(21)2)32(27,28)25-12-10-17(11-13-25)23(26)24-20-8-6-18(29-3)15-22(20)30-4/h6-9,14-15,17H,5,10-13H2,1-4H3,(H,24,26). The molecule has 174 valence electrons. The van der Waals surface area contributed by atoms with Crippen molar-refractivity contribution in [3.63, 3.8) is 0 Å². The first-order valence-corrected chi connectivity index (χ1v) is 12.0. The first kappa shape index (κ1) is 23.9. The molecule has 0 aliphatic carbocycles. The minimum absolute atomic E-state index is 0.151. The van der Waals surface area contributed by atoms with Crippen LogP contribution in [0, 0.1) is 12.8 Å². The first-order chi connectivity index (χ1) is 15.3. The van der Waals surface area contributed by atoms with E-state index in [0.717, 1.165) is 5.56 Å². The summed E-state index contributed by atoms with van der Waals surface area (Å²) in [5, 5.41) is 2.89. The van der Waals surface area contributed by atoms with Crippen LogP contribution in [0.5, 0.6) is 17.2 Å². The Morgan fingerprint density at radius 3 is 2.38 bits per heavy atom. The molecule has 32 heavy (non-hydrogen) atoms. The molecule has 0 spiro atoms. The molecule has 1 aliphatic rings. The third-order valence-electron chi connectivity index (χ3n) is 5.58. The normalized spacial score (nSPS) is 15.2. The van der Waals surface area contributed by atoms with E-state index < -0.39 is 10.0 Å². The minimum atomic E-state index is -3.63. The van der Waals surface area contributed by atoms with Crippen molar-refractivity contribution < 1.29 is 27.4 Å². The smallest absolute Gasteiger partial charge is 0.243 e. The van der Waals surface area contributed by atoms with Crippen molar-refractivity contribution in [2.24, 2.45) is 5.92 Å². The summed E-state index contributed by atoms with van der Waals surface area (Å²) < 4.78 is 43.6. The maximum atomic E-state index is 13.1. The number of amides is 1. The van der Waals surface area contributed by atoms with Crippen molar-refractivity contribution in [3.8, 4) is 17.2 Å². The van der Waals surface area contributed by atoms with Crippen LogP contribution in [0.3, 0.4) is 0 Å². The molecule has 1 aliphatic heterocycles. The molecule has 0 unspecified atom stereocenters. The minimum Gasteiger partial charge on any atom is -0.497 e. The molecule has 0 bridgehead atoms. The lowest BCUT2D eigenvalue weighted by Gasteiger charge is -2.30. The van der Waals surface area contributed by atoms with Gasteiger partial charge >= 0.3 is 0 Å². The van der Waals surface area contributed by atoms with Crippen molar-refractivity contribution in [3.05, 3.63) is 42.0 Å². The average molecular weight is 463 g/mol. The van der Waals surface area contributed by atoms with Crippen LogP contribution in [0.25, 0.3) is 0 Å². The number of benzene rings is 2. The molecule has 0 aromatic heterocycles. The summed E-state index contributed by atoms with van der Waals surface area (Å²) >= 11 is 0. The summed E-state index contributed by atoms with van der Waals surface area (Å²) in [4.78, 5) is 13.0. The SMILES string of the molecule is CCOc1ccc(S(=O)(=O)N2CCC(C(=O)Nc3ccc(OC)cc3OC)CC2)cc1C. The van der Waals surface area contributed by atoms with Gasteiger partial charge in [-0.1, -0.05) is 0 Å². The van der Waals surface area contributed by atoms with Crippen molar-refractivity contribution >= 4 is 21.6 Å². The highest BCUT2D eigenvalue weighted by atomic mass is 32.2. The number of hydrogen-bond donors (Lipinski definition) is 1. The Labute approximate surface area is 189 Å². The fourth-order valence-electron chi connectivity index (χ4n) is 3.74. The van der Waals surface area contributed by atoms with Crippen LogP contribution < -0.4 is 19.5 Å². The Hall–Kier alpha value is -2.78. The number of methoxy groups -OCH3 is 2. The highest BCUT2D eigenvalue weighted by Gasteiger charge is 2.32. The van der Waals surface area contributed by atoms with Crippen LogP contribution in [0.15, 0.2) is 41.3 Å². The fourth-order valence-corrected chi connectivity index (χ4v) is 5.30. The third kappa shape index (κ3) is 5.16. The molecule has 1 amide bonds. The fraction of sp³-hybridized carbons (Fsp3) is 0.435. The molecule has 1 heterocycles. The molecule has 2 aromatic carbocycles. The Balaban J connectivity index is 1.64. The molecule has 1 fully saturated rings. The zero-order chi connectivity index (χ0) is 23.3. The second kappa shape index (κ2) is 10.2. The number of carbonyl (C=O) groups is 1. The summed E-state index contributed by atoms with van der Waals surface area (Å²) in [7, 11) is -0.547. The number of sulfonamides is 1. The Morgan fingerprint density at radius 2 is 1.78 bits per heavy atom. The summed E-state index contributed by atoms with van der Waals surface area (Å²) in [5.74, 6) is 1.38. The number of nitrogens with zero attached hydrogens (tertiary/aromatic N) is 1. The van der Waals surface area contributed by atoms with Gasteiger partial charge in [-0.15, -0.1) is 0 Å². The number of piperidine rings is 1. The van der Waals surface area contributed by atoms with Gasteiger partial charge in [0, 0.05) is 25.1 Å². The largest absolute Gasteiger partial charge is 0.497 e. The van der Waals surface area contributed by atoms with Crippen LogP contribution >= 0.6 is 0 Å². The van der Waals surface area contributed by atoms with E-state index >= 15 is 0 Å². The molecule has 3 rings (SSSR count). The highest BCUT2D eigenvalue weighted by molar-refractivity contribution is 7.89. The van der Waals surface area contributed by atoms with Crippen LogP contribution in [0.1, 0.15) is 25.3 Å². The predicted molar refractivity (Wildman–Crippen MR) is 122 cm³/mol. The molecule has 0 saturated carbocycles. The molecule has 8 nitrogen and oxygen atoms in total. The van der Waals surface area contributed by atoms with Crippen molar-refractivity contribution in [2.45, 2.75) is 31.6 Å². The van der Waals surface area contributed by atoms with Crippen molar-refractivity contribution in [1.82, 2.24) is 4.31 Å². The molecule has 1 saturated heterocycles. The topological polar surface area (TPSA) is 94.2 Å². The summed E-state index contributed by atoms with van der Waals surface area (Å²) in [6.45, 7) is 4.80. The van der Waals surface area contributed by atoms with Crippen molar-refractivity contribution in [1.29, 1.82) is 0 Å². The van der Waals surface area contributed by atoms with Gasteiger partial charge in [0.15, 0.2) is 0 Å². The molecule has 0 radical (unpaired) electrons. The van der Waals surface area contributed by atoms with Gasteiger partial charge in [-0.25, -0.2) is 8.42 Å². The van der Waals surface area contributed by atoms with Gasteiger partial charge in [0.1, 0.15) is 17.2 Å². The van der Waals surface area contributed by atoms with Crippen LogP contribution in [0.4, 0.5) is 5.69 Å². The van der Waals surface area contributed by atoms with E-state index in [1.165, 1.54) is 11.4 Å². The van der Waals surface area contributed by atoms with Gasteiger partial charge in [-0.2, -0.15) is 4.31 Å². The average Bonchev–Trinajstić information content (AvgIpc) is 2.80. The zero-order valence-electron chi connectivity index (χ0n) is 18.9. The number of hydrogen-bond acceptors (Lipinski definition) is 6. The maximum absolute atomic E-state index is 13.1. The monoisotopic (exact) mass is 462 g/mol. The summed E-state index contributed by atoms with van der Waals surface area (Å²) in [6.07, 6.45) is 0.888. The van der Waals surface area contributed by atoms with Gasteiger partial charge in [0.05, 0.1) is 31.4 Å². The van der Waals surface area contributed by atoms with Crippen LogP contribution in [0.2, 0.25) is 0 Å². The lowest BCUT2D eigenvalue weighted by Crippen LogP contribution is -2.41. The summed E-state index contributed by atoms with van der Waals surface area (Å²) in [5.41, 5.74) is 1.33. The first-order valence-electron chi connectivity index (χ1n) is 10.6. The number of ether oxygens (including phenoxy) is 3. The maximum Gasteiger partial charge on any atom is 0.243 e. The van der Waals surface area contributed by atoms with E-state index in [0.29, 0.717) is 42.4 Å². The molecule has 1 N–H and O–H groups in total. The van der Waals surface area contributed by atoms with Gasteiger partial charge in [-0.05, 0) is 62.6 Å². The third-order valence-corrected chi connectivity index (χ3v) is 7.47. The Bertz CT molecular complexity index is 1060. The molecule has 9 heteroatoms. The van der Waals surface area contributed by atoms with E-state index in [9.17, 15) is 13.2 Å². The van der Waals surface area contributed by atoms with Gasteiger partial charge in [0.2, 0.25) is 15.9 Å². The Morgan fingerprint density at radius 1 is 1.06 bits per heavy atom. The van der Waals surface area contributed by atoms with E-state index in [1.807, 2.05) is 13.8 Å². The van der Waals surface area contributed by atoms with Gasteiger partial charge in [0.25, 0.3) is 0 Å². The lowest BCUT2D eigenvalue weighted by atomic mass is 9.97. The van der Waals surface area contributed by atoms with Crippen LogP contribution in [-0.4, -0.2) is 52.5 Å². The number of nitrogens with one attached hydrogen (secondary N) is 1. The second-order valence-corrected chi connectivity index (χ2v) is 9.53. The quantitative estimate of drug-likeness (QED) is 0.646. The second-order valence-electron chi connectivity index (χ2n) is 7.59. The van der Waals surface area contributed by atoms with E-state index in [4.69, 9.17) is 14.2 Å². The number of aryl methyl sites for hydroxylation is 1. The Kier molecular flexibility index (Phi) is 7.63. The summed E-state index contributed by atoms with van der Waals surface area (Å²) in [6, 6.07) is 10.1. The van der Waals surface area contributed by atoms with Crippen LogP contribution in [-0.2, 0) is 14.8 Å². The van der Waals surface area contributed by atoms with Gasteiger partial charge in [-0.3, -0.25) is 4.79 Å². The molecule has 2 aromatic rings.